The van der Waals surface area contributed by atoms with Crippen LogP contribution in [0.1, 0.15) is 78.1 Å². The van der Waals surface area contributed by atoms with Gasteiger partial charge < -0.3 is 21.1 Å². The Hall–Kier alpha value is -3.12. The van der Waals surface area contributed by atoms with Gasteiger partial charge >= 0.3 is 5.97 Å². The standard InChI is InChI=1S/C29H38ClN7O3S/c1-3-20(28(39)40)8-6-7-13-36-14-11-21(12-15-36)23-16-26(34-19(2)33-23)35-29-32-18-25(41-29)27(38)37(30)24-10-5-4-9-22(24)17-31/h4-5,9-10,16,18,20-21H,3,6-8,11-15,17,31H2,1-2H3,(H,39,40)(H,32,33,34,35). The molecule has 0 spiro atoms. The number of hydrogen-bond acceptors (Lipinski definition) is 9. The van der Waals surface area contributed by atoms with Crippen LogP contribution in [0, 0.1) is 12.8 Å². The number of carbonyl (C=O) groups is 2. The maximum Gasteiger partial charge on any atom is 0.306 e. The molecule has 1 amide bonds. The number of carboxylic acid groups (broad SMARTS) is 1. The molecule has 0 saturated carbocycles. The molecule has 12 heteroatoms. The summed E-state index contributed by atoms with van der Waals surface area (Å²) >= 11 is 7.59. The number of anilines is 3. The number of rotatable bonds is 13. The number of nitrogens with zero attached hydrogens (tertiary/aromatic N) is 5. The normalized spacial score (nSPS) is 15.0. The lowest BCUT2D eigenvalue weighted by atomic mass is 9.92. The third kappa shape index (κ3) is 8.22. The van der Waals surface area contributed by atoms with Gasteiger partial charge in [0.25, 0.3) is 5.91 Å². The molecule has 1 aliphatic rings. The van der Waals surface area contributed by atoms with Gasteiger partial charge in [0.05, 0.1) is 17.8 Å². The van der Waals surface area contributed by atoms with Crippen molar-refractivity contribution in [1.29, 1.82) is 0 Å². The fraction of sp³-hybridized carbons (Fsp3) is 0.483. The fourth-order valence-corrected chi connectivity index (χ4v) is 6.23. The summed E-state index contributed by atoms with van der Waals surface area (Å²) in [5, 5.41) is 13.0. The van der Waals surface area contributed by atoms with E-state index in [2.05, 4.69) is 20.2 Å². The molecule has 1 unspecified atom stereocenters. The summed E-state index contributed by atoms with van der Waals surface area (Å²) in [4.78, 5) is 40.7. The van der Waals surface area contributed by atoms with Gasteiger partial charge in [-0.05, 0) is 70.3 Å². The number of thiazole rings is 1. The van der Waals surface area contributed by atoms with Crippen molar-refractivity contribution in [3.63, 3.8) is 0 Å². The lowest BCUT2D eigenvalue weighted by Crippen LogP contribution is -2.34. The average Bonchev–Trinajstić information content (AvgIpc) is 3.44. The molecule has 2 aromatic heterocycles. The van der Waals surface area contributed by atoms with Crippen molar-refractivity contribution in [2.75, 3.05) is 29.4 Å². The van der Waals surface area contributed by atoms with Gasteiger partial charge in [-0.25, -0.2) is 19.4 Å². The number of carboxylic acids is 1. The number of piperidine rings is 1. The first-order valence-electron chi connectivity index (χ1n) is 14.1. The van der Waals surface area contributed by atoms with Crippen LogP contribution in [0.15, 0.2) is 36.5 Å². The largest absolute Gasteiger partial charge is 0.481 e. The number of carbonyl (C=O) groups excluding carboxylic acids is 1. The molecule has 0 radical (unpaired) electrons. The van der Waals surface area contributed by atoms with E-state index in [0.717, 1.165) is 67.4 Å². The Morgan fingerprint density at radius 3 is 2.71 bits per heavy atom. The van der Waals surface area contributed by atoms with Crippen molar-refractivity contribution in [1.82, 2.24) is 19.9 Å². The topological polar surface area (TPSA) is 138 Å². The zero-order chi connectivity index (χ0) is 29.4. The maximum absolute atomic E-state index is 13.0. The summed E-state index contributed by atoms with van der Waals surface area (Å²) in [6.07, 6.45) is 6.92. The number of amides is 1. The van der Waals surface area contributed by atoms with Crippen LogP contribution in [0.5, 0.6) is 0 Å². The van der Waals surface area contributed by atoms with Crippen LogP contribution < -0.4 is 15.5 Å². The monoisotopic (exact) mass is 599 g/mol. The number of aromatic nitrogens is 3. The van der Waals surface area contributed by atoms with Crippen LogP contribution >= 0.6 is 23.1 Å². The third-order valence-corrected chi connectivity index (χ3v) is 8.77. The summed E-state index contributed by atoms with van der Waals surface area (Å²) < 4.78 is 1.08. The van der Waals surface area contributed by atoms with Gasteiger partial charge in [-0.2, -0.15) is 0 Å². The van der Waals surface area contributed by atoms with Crippen molar-refractivity contribution in [2.24, 2.45) is 11.7 Å². The number of unbranched alkanes of at least 4 members (excludes halogenated alkanes) is 1. The van der Waals surface area contributed by atoms with E-state index >= 15 is 0 Å². The number of nitrogens with one attached hydrogen (secondary N) is 1. The Kier molecular flexibility index (Phi) is 11.0. The van der Waals surface area contributed by atoms with E-state index in [0.29, 0.717) is 39.7 Å². The van der Waals surface area contributed by atoms with Gasteiger partial charge in [-0.15, -0.1) is 0 Å². The highest BCUT2D eigenvalue weighted by molar-refractivity contribution is 7.17. The second kappa shape index (κ2) is 14.7. The zero-order valence-corrected chi connectivity index (χ0v) is 25.1. The predicted octanol–water partition coefficient (Wildman–Crippen LogP) is 5.70. The first-order chi connectivity index (χ1) is 19.8. The van der Waals surface area contributed by atoms with E-state index in [1.807, 2.05) is 38.1 Å². The minimum Gasteiger partial charge on any atom is -0.481 e. The Bertz CT molecular complexity index is 1330. The number of aliphatic carboxylic acids is 1. The molecule has 4 rings (SSSR count). The molecular formula is C29H38ClN7O3S. The summed E-state index contributed by atoms with van der Waals surface area (Å²) in [6, 6.07) is 9.22. The number of nitrogens with two attached hydrogens (primary N) is 1. The number of halogens is 1. The molecule has 1 atom stereocenters. The Morgan fingerprint density at radius 2 is 2.00 bits per heavy atom. The van der Waals surface area contributed by atoms with E-state index in [1.165, 1.54) is 17.5 Å². The second-order valence-corrected chi connectivity index (χ2v) is 11.7. The van der Waals surface area contributed by atoms with Gasteiger partial charge in [-0.3, -0.25) is 9.59 Å². The number of aryl methyl sites for hydroxylation is 1. The maximum atomic E-state index is 13.0. The highest BCUT2D eigenvalue weighted by atomic mass is 35.5. The molecule has 1 saturated heterocycles. The minimum absolute atomic E-state index is 0.227. The van der Waals surface area contributed by atoms with Crippen molar-refractivity contribution in [3.05, 3.63) is 58.5 Å². The van der Waals surface area contributed by atoms with E-state index in [9.17, 15) is 14.7 Å². The van der Waals surface area contributed by atoms with E-state index in [4.69, 9.17) is 22.5 Å². The van der Waals surface area contributed by atoms with Gasteiger partial charge in [0.15, 0.2) is 5.13 Å². The number of para-hydroxylation sites is 1. The molecular weight excluding hydrogens is 562 g/mol. The number of benzene rings is 1. The molecule has 0 aliphatic carbocycles. The fourth-order valence-electron chi connectivity index (χ4n) is 5.17. The van der Waals surface area contributed by atoms with Crippen LogP contribution in [-0.2, 0) is 11.3 Å². The van der Waals surface area contributed by atoms with Crippen molar-refractivity contribution in [3.8, 4) is 0 Å². The smallest absolute Gasteiger partial charge is 0.306 e. The lowest BCUT2D eigenvalue weighted by Gasteiger charge is -2.32. The first kappa shape index (κ1) is 30.8. The van der Waals surface area contributed by atoms with E-state index < -0.39 is 5.97 Å². The van der Waals surface area contributed by atoms with E-state index in [-0.39, 0.29) is 18.4 Å². The summed E-state index contributed by atoms with van der Waals surface area (Å²) in [7, 11) is 0. The zero-order valence-electron chi connectivity index (χ0n) is 23.6. The van der Waals surface area contributed by atoms with Crippen molar-refractivity contribution < 1.29 is 14.7 Å². The Balaban J connectivity index is 1.31. The lowest BCUT2D eigenvalue weighted by molar-refractivity contribution is -0.142. The van der Waals surface area contributed by atoms with E-state index in [1.54, 1.807) is 6.07 Å². The minimum atomic E-state index is -0.683. The average molecular weight is 600 g/mol. The summed E-state index contributed by atoms with van der Waals surface area (Å²) in [6.45, 7) is 7.07. The predicted molar refractivity (Wildman–Crippen MR) is 163 cm³/mol. The van der Waals surface area contributed by atoms with Gasteiger partial charge in [-0.1, -0.05) is 42.9 Å². The molecule has 1 aromatic carbocycles. The quantitative estimate of drug-likeness (QED) is 0.167. The van der Waals surface area contributed by atoms with Gasteiger partial charge in [0.2, 0.25) is 0 Å². The van der Waals surface area contributed by atoms with Crippen molar-refractivity contribution in [2.45, 2.75) is 64.8 Å². The van der Waals surface area contributed by atoms with Crippen LogP contribution in [0.2, 0.25) is 0 Å². The van der Waals surface area contributed by atoms with Crippen LogP contribution in [-0.4, -0.2) is 56.5 Å². The molecule has 220 valence electrons. The van der Waals surface area contributed by atoms with Crippen LogP contribution in [0.3, 0.4) is 0 Å². The van der Waals surface area contributed by atoms with Crippen LogP contribution in [0.25, 0.3) is 0 Å². The second-order valence-electron chi connectivity index (χ2n) is 10.4. The molecule has 4 N–H and O–H groups in total. The Labute approximate surface area is 250 Å². The van der Waals surface area contributed by atoms with Crippen LogP contribution in [0.4, 0.5) is 16.6 Å². The molecule has 1 aliphatic heterocycles. The summed E-state index contributed by atoms with van der Waals surface area (Å²) in [5.41, 5.74) is 8.13. The van der Waals surface area contributed by atoms with Crippen molar-refractivity contribution >= 4 is 51.6 Å². The molecule has 1 fully saturated rings. The highest BCUT2D eigenvalue weighted by Crippen LogP contribution is 2.31. The SMILES string of the molecule is CCC(CCCCN1CCC(c2cc(Nc3ncc(C(=O)N(Cl)c4ccccc4CN)s3)nc(C)n2)CC1)C(=O)O. The molecule has 3 aromatic rings. The molecule has 10 nitrogen and oxygen atoms in total. The third-order valence-electron chi connectivity index (χ3n) is 7.54. The first-order valence-corrected chi connectivity index (χ1v) is 15.3. The number of hydrogen-bond donors (Lipinski definition) is 3. The molecule has 3 heterocycles. The summed E-state index contributed by atoms with van der Waals surface area (Å²) in [5.74, 6) is 0.368. The number of likely N-dealkylation sites (tertiary alicyclic amines) is 1. The molecule has 41 heavy (non-hydrogen) atoms. The van der Waals surface area contributed by atoms with Gasteiger partial charge in [0, 0.05) is 36.0 Å². The Morgan fingerprint density at radius 1 is 1.24 bits per heavy atom. The highest BCUT2D eigenvalue weighted by Gasteiger charge is 2.24. The van der Waals surface area contributed by atoms with Gasteiger partial charge in [0.1, 0.15) is 16.5 Å². The molecule has 0 bridgehead atoms.